The number of nitrogens with one attached hydrogen (secondary N) is 1. The largest absolute Gasteiger partial charge is 0.489 e. The molecule has 0 aliphatic carbocycles. The fourth-order valence-electron chi connectivity index (χ4n) is 4.04. The van der Waals surface area contributed by atoms with Gasteiger partial charge in [-0.1, -0.05) is 29.7 Å². The van der Waals surface area contributed by atoms with Crippen molar-refractivity contribution in [1.29, 1.82) is 0 Å². The standard InChI is InChI=1S/C27H29N3O5S2/c1-17-21(16-35-22-11-9-20(10-12-22)24-15-25(31)30-36-24)7-5-8-23(17)26-18(2)28-27(29-19(26)3)34-13-6-14-37(4,32)33/h5,7-12,15H,6,13-14,16H2,1-4H3,(H,30,31). The molecule has 2 aromatic carbocycles. The van der Waals surface area contributed by atoms with E-state index >= 15 is 0 Å². The Morgan fingerprint density at radius 3 is 2.30 bits per heavy atom. The monoisotopic (exact) mass is 539 g/mol. The predicted octanol–water partition coefficient (Wildman–Crippen LogP) is 4.88. The van der Waals surface area contributed by atoms with Crippen molar-refractivity contribution in [3.8, 4) is 33.3 Å². The number of ether oxygens (including phenoxy) is 2. The molecule has 0 bridgehead atoms. The van der Waals surface area contributed by atoms with Crippen molar-refractivity contribution in [1.82, 2.24) is 14.3 Å². The summed E-state index contributed by atoms with van der Waals surface area (Å²) in [5.41, 5.74) is 6.53. The molecule has 8 nitrogen and oxygen atoms in total. The zero-order valence-electron chi connectivity index (χ0n) is 21.2. The van der Waals surface area contributed by atoms with Gasteiger partial charge in [0.15, 0.2) is 0 Å². The average molecular weight is 540 g/mol. The molecular formula is C27H29N3O5S2. The van der Waals surface area contributed by atoms with Gasteiger partial charge >= 0.3 is 6.01 Å². The molecule has 0 unspecified atom stereocenters. The van der Waals surface area contributed by atoms with Gasteiger partial charge in [-0.2, -0.15) is 9.97 Å². The molecule has 0 fully saturated rings. The third-order valence-corrected chi connectivity index (χ3v) is 7.82. The molecule has 10 heteroatoms. The second-order valence-electron chi connectivity index (χ2n) is 8.86. The Morgan fingerprint density at radius 1 is 0.973 bits per heavy atom. The molecule has 4 rings (SSSR count). The van der Waals surface area contributed by atoms with Gasteiger partial charge in [-0.05, 0) is 73.7 Å². The van der Waals surface area contributed by atoms with Crippen LogP contribution in [0, 0.1) is 20.8 Å². The van der Waals surface area contributed by atoms with E-state index < -0.39 is 9.84 Å². The summed E-state index contributed by atoms with van der Waals surface area (Å²) in [4.78, 5) is 21.3. The molecule has 0 spiro atoms. The zero-order chi connectivity index (χ0) is 26.6. The number of H-pyrrole nitrogens is 1. The van der Waals surface area contributed by atoms with Crippen molar-refractivity contribution in [2.75, 3.05) is 18.6 Å². The molecule has 37 heavy (non-hydrogen) atoms. The van der Waals surface area contributed by atoms with Gasteiger partial charge in [0.1, 0.15) is 22.2 Å². The summed E-state index contributed by atoms with van der Waals surface area (Å²) < 4.78 is 37.0. The lowest BCUT2D eigenvalue weighted by atomic mass is 9.95. The summed E-state index contributed by atoms with van der Waals surface area (Å²) in [6.07, 6.45) is 1.60. The Bertz CT molecular complexity index is 1530. The molecule has 0 atom stereocenters. The second-order valence-corrected chi connectivity index (χ2v) is 12.0. The summed E-state index contributed by atoms with van der Waals surface area (Å²) >= 11 is 1.31. The van der Waals surface area contributed by atoms with Crippen LogP contribution in [-0.2, 0) is 16.4 Å². The van der Waals surface area contributed by atoms with E-state index in [1.165, 1.54) is 17.8 Å². The van der Waals surface area contributed by atoms with E-state index in [4.69, 9.17) is 9.47 Å². The van der Waals surface area contributed by atoms with Crippen LogP contribution in [0.5, 0.6) is 11.8 Å². The molecule has 0 aliphatic rings. The molecule has 0 amide bonds. The average Bonchev–Trinajstić information content (AvgIpc) is 3.28. The lowest BCUT2D eigenvalue weighted by Crippen LogP contribution is -2.10. The third-order valence-electron chi connectivity index (χ3n) is 5.91. The van der Waals surface area contributed by atoms with Crippen LogP contribution < -0.4 is 15.0 Å². The van der Waals surface area contributed by atoms with Gasteiger partial charge < -0.3 is 9.47 Å². The number of benzene rings is 2. The maximum absolute atomic E-state index is 11.4. The van der Waals surface area contributed by atoms with Gasteiger partial charge in [0.25, 0.3) is 5.56 Å². The van der Waals surface area contributed by atoms with Crippen molar-refractivity contribution in [3.63, 3.8) is 0 Å². The minimum absolute atomic E-state index is 0.0664. The number of aryl methyl sites for hydroxylation is 2. The Labute approximate surface area is 220 Å². The van der Waals surface area contributed by atoms with Crippen LogP contribution in [-0.4, -0.2) is 41.4 Å². The quantitative estimate of drug-likeness (QED) is 0.286. The fourth-order valence-corrected chi connectivity index (χ4v) is 5.37. The molecule has 194 valence electrons. The Balaban J connectivity index is 1.46. The number of sulfone groups is 1. The molecular weight excluding hydrogens is 510 g/mol. The first-order chi connectivity index (χ1) is 17.6. The summed E-state index contributed by atoms with van der Waals surface area (Å²) in [5, 5.41) is 0. The first kappa shape index (κ1) is 26.6. The lowest BCUT2D eigenvalue weighted by Gasteiger charge is -2.16. The number of aromatic amines is 1. The van der Waals surface area contributed by atoms with Crippen LogP contribution in [0.25, 0.3) is 21.6 Å². The molecule has 0 aliphatic heterocycles. The molecule has 2 heterocycles. The second kappa shape index (κ2) is 11.3. The van der Waals surface area contributed by atoms with Crippen LogP contribution in [0.2, 0.25) is 0 Å². The van der Waals surface area contributed by atoms with Gasteiger partial charge in [-0.25, -0.2) is 8.42 Å². The van der Waals surface area contributed by atoms with Crippen molar-refractivity contribution in [2.45, 2.75) is 33.8 Å². The van der Waals surface area contributed by atoms with Crippen LogP contribution in [0.1, 0.15) is 28.9 Å². The van der Waals surface area contributed by atoms with E-state index in [2.05, 4.69) is 21.3 Å². The molecule has 0 saturated carbocycles. The van der Waals surface area contributed by atoms with E-state index in [-0.39, 0.29) is 23.9 Å². The third kappa shape index (κ3) is 6.84. The number of rotatable bonds is 10. The van der Waals surface area contributed by atoms with Crippen molar-refractivity contribution in [2.24, 2.45) is 0 Å². The van der Waals surface area contributed by atoms with E-state index in [0.717, 1.165) is 49.8 Å². The molecule has 0 saturated heterocycles. The summed E-state index contributed by atoms with van der Waals surface area (Å²) in [6, 6.07) is 15.6. The zero-order valence-corrected chi connectivity index (χ0v) is 22.8. The van der Waals surface area contributed by atoms with Crippen molar-refractivity contribution < 1.29 is 17.9 Å². The maximum Gasteiger partial charge on any atom is 0.316 e. The summed E-state index contributed by atoms with van der Waals surface area (Å²) in [5.74, 6) is 0.807. The van der Waals surface area contributed by atoms with Gasteiger partial charge in [-0.15, -0.1) is 0 Å². The van der Waals surface area contributed by atoms with Crippen LogP contribution in [0.15, 0.2) is 53.3 Å². The Morgan fingerprint density at radius 2 is 1.68 bits per heavy atom. The molecule has 1 N–H and O–H groups in total. The van der Waals surface area contributed by atoms with Gasteiger partial charge in [0.2, 0.25) is 0 Å². The highest BCUT2D eigenvalue weighted by atomic mass is 32.2. The SMILES string of the molecule is Cc1nc(OCCCS(C)(=O)=O)nc(C)c1-c1cccc(COc2ccc(-c3cc(=O)[nH]s3)cc2)c1C. The van der Waals surface area contributed by atoms with Crippen LogP contribution >= 0.6 is 11.5 Å². The number of aromatic nitrogens is 3. The summed E-state index contributed by atoms with van der Waals surface area (Å²) in [7, 11) is -3.02. The van der Waals surface area contributed by atoms with Gasteiger partial charge in [0, 0.05) is 17.9 Å². The molecule has 4 aromatic rings. The minimum Gasteiger partial charge on any atom is -0.489 e. The normalized spacial score (nSPS) is 11.5. The molecule has 2 aromatic heterocycles. The smallest absolute Gasteiger partial charge is 0.316 e. The number of hydrogen-bond donors (Lipinski definition) is 1. The number of nitrogens with zero attached hydrogens (tertiary/aromatic N) is 2. The fraction of sp³-hybridized carbons (Fsp3) is 0.296. The minimum atomic E-state index is -3.02. The van der Waals surface area contributed by atoms with Gasteiger partial charge in [0.05, 0.1) is 28.6 Å². The van der Waals surface area contributed by atoms with Crippen molar-refractivity contribution >= 4 is 21.4 Å². The lowest BCUT2D eigenvalue weighted by molar-refractivity contribution is 0.291. The van der Waals surface area contributed by atoms with E-state index in [1.807, 2.05) is 56.3 Å². The van der Waals surface area contributed by atoms with Crippen molar-refractivity contribution in [3.05, 3.63) is 81.4 Å². The first-order valence-corrected chi connectivity index (χ1v) is 14.6. The highest BCUT2D eigenvalue weighted by Crippen LogP contribution is 2.32. The Hall–Kier alpha value is -3.50. The highest BCUT2D eigenvalue weighted by Gasteiger charge is 2.15. The van der Waals surface area contributed by atoms with E-state index in [0.29, 0.717) is 13.0 Å². The predicted molar refractivity (Wildman–Crippen MR) is 146 cm³/mol. The van der Waals surface area contributed by atoms with E-state index in [1.54, 1.807) is 6.07 Å². The Kier molecular flexibility index (Phi) is 8.09. The van der Waals surface area contributed by atoms with Gasteiger partial charge in [-0.3, -0.25) is 9.17 Å². The van der Waals surface area contributed by atoms with E-state index in [9.17, 15) is 13.2 Å². The highest BCUT2D eigenvalue weighted by molar-refractivity contribution is 7.90. The number of hydrogen-bond acceptors (Lipinski definition) is 8. The molecule has 0 radical (unpaired) electrons. The van der Waals surface area contributed by atoms with Crippen LogP contribution in [0.4, 0.5) is 0 Å². The van der Waals surface area contributed by atoms with Crippen LogP contribution in [0.3, 0.4) is 0 Å². The first-order valence-electron chi connectivity index (χ1n) is 11.8. The summed E-state index contributed by atoms with van der Waals surface area (Å²) in [6.45, 7) is 6.53. The maximum atomic E-state index is 11.4. The topological polar surface area (TPSA) is 111 Å².